The van der Waals surface area contributed by atoms with Crippen molar-refractivity contribution in [1.29, 1.82) is 0 Å². The highest BCUT2D eigenvalue weighted by molar-refractivity contribution is 5.56. The zero-order valence-electron chi connectivity index (χ0n) is 9.42. The van der Waals surface area contributed by atoms with Crippen molar-refractivity contribution in [1.82, 2.24) is 4.98 Å². The summed E-state index contributed by atoms with van der Waals surface area (Å²) in [7, 11) is 3.41. The van der Waals surface area contributed by atoms with Crippen LogP contribution in [0.1, 0.15) is 6.42 Å². The van der Waals surface area contributed by atoms with Crippen LogP contribution in [0.25, 0.3) is 0 Å². The van der Waals surface area contributed by atoms with Gasteiger partial charge in [0, 0.05) is 39.6 Å². The average Bonchev–Trinajstić information content (AvgIpc) is 2.29. The molecule has 0 radical (unpaired) electrons. The highest BCUT2D eigenvalue weighted by Gasteiger charge is 2.17. The summed E-state index contributed by atoms with van der Waals surface area (Å²) in [4.78, 5) is 16.1. The minimum absolute atomic E-state index is 0.0300. The SMILES string of the molecule is COCCCN(C)c1ncccc1[N+](=O)[O-]. The van der Waals surface area contributed by atoms with Gasteiger partial charge in [-0.1, -0.05) is 0 Å². The Morgan fingerprint density at radius 2 is 2.38 bits per heavy atom. The van der Waals surface area contributed by atoms with Gasteiger partial charge in [0.25, 0.3) is 0 Å². The molecular weight excluding hydrogens is 210 g/mol. The molecule has 1 aromatic heterocycles. The summed E-state index contributed by atoms with van der Waals surface area (Å²) in [5, 5.41) is 10.8. The first kappa shape index (κ1) is 12.4. The molecule has 0 aliphatic rings. The van der Waals surface area contributed by atoms with Crippen LogP contribution in [0.15, 0.2) is 18.3 Å². The molecule has 6 nitrogen and oxygen atoms in total. The van der Waals surface area contributed by atoms with Gasteiger partial charge in [-0.2, -0.15) is 0 Å². The molecule has 0 atom stereocenters. The Morgan fingerprint density at radius 3 is 3.00 bits per heavy atom. The molecule has 0 fully saturated rings. The van der Waals surface area contributed by atoms with Crippen molar-refractivity contribution < 1.29 is 9.66 Å². The molecular formula is C10H15N3O3. The number of aromatic nitrogens is 1. The molecule has 0 bridgehead atoms. The highest BCUT2D eigenvalue weighted by atomic mass is 16.6. The van der Waals surface area contributed by atoms with E-state index in [4.69, 9.17) is 4.74 Å². The van der Waals surface area contributed by atoms with Crippen LogP contribution in [-0.2, 0) is 4.74 Å². The molecule has 1 heterocycles. The summed E-state index contributed by atoms with van der Waals surface area (Å²) in [6, 6.07) is 3.01. The lowest BCUT2D eigenvalue weighted by molar-refractivity contribution is -0.384. The normalized spacial score (nSPS) is 10.1. The van der Waals surface area contributed by atoms with Gasteiger partial charge >= 0.3 is 5.69 Å². The van der Waals surface area contributed by atoms with Crippen LogP contribution in [0.3, 0.4) is 0 Å². The first-order chi connectivity index (χ1) is 7.66. The molecule has 1 aromatic rings. The van der Waals surface area contributed by atoms with Crippen molar-refractivity contribution in [2.24, 2.45) is 0 Å². The maximum atomic E-state index is 10.8. The third-order valence-corrected chi connectivity index (χ3v) is 2.17. The second-order valence-electron chi connectivity index (χ2n) is 3.37. The van der Waals surface area contributed by atoms with Crippen molar-refractivity contribution >= 4 is 11.5 Å². The fraction of sp³-hybridized carbons (Fsp3) is 0.500. The summed E-state index contributed by atoms with van der Waals surface area (Å²) < 4.78 is 4.92. The molecule has 1 rings (SSSR count). The summed E-state index contributed by atoms with van der Waals surface area (Å²) in [5.74, 6) is 0.392. The molecule has 6 heteroatoms. The van der Waals surface area contributed by atoms with Crippen molar-refractivity contribution in [2.75, 3.05) is 32.2 Å². The Bertz CT molecular complexity index is 357. The maximum Gasteiger partial charge on any atom is 0.311 e. The van der Waals surface area contributed by atoms with E-state index in [0.29, 0.717) is 19.0 Å². The largest absolute Gasteiger partial charge is 0.385 e. The molecule has 0 aromatic carbocycles. The van der Waals surface area contributed by atoms with Gasteiger partial charge in [0.2, 0.25) is 5.82 Å². The van der Waals surface area contributed by atoms with Crippen LogP contribution in [0.2, 0.25) is 0 Å². The Hall–Kier alpha value is -1.69. The molecule has 16 heavy (non-hydrogen) atoms. The zero-order valence-corrected chi connectivity index (χ0v) is 9.42. The molecule has 0 spiro atoms. The third kappa shape index (κ3) is 3.16. The maximum absolute atomic E-state index is 10.8. The van der Waals surface area contributed by atoms with E-state index >= 15 is 0 Å². The third-order valence-electron chi connectivity index (χ3n) is 2.17. The molecule has 88 valence electrons. The van der Waals surface area contributed by atoms with Crippen LogP contribution < -0.4 is 4.90 Å². The fourth-order valence-electron chi connectivity index (χ4n) is 1.38. The van der Waals surface area contributed by atoms with Crippen LogP contribution in [-0.4, -0.2) is 37.2 Å². The second-order valence-corrected chi connectivity index (χ2v) is 3.37. The van der Waals surface area contributed by atoms with Gasteiger partial charge in [0.05, 0.1) is 4.92 Å². The minimum Gasteiger partial charge on any atom is -0.385 e. The van der Waals surface area contributed by atoms with E-state index in [1.807, 2.05) is 0 Å². The van der Waals surface area contributed by atoms with Crippen molar-refractivity contribution in [3.63, 3.8) is 0 Å². The predicted molar refractivity (Wildman–Crippen MR) is 60.7 cm³/mol. The van der Waals surface area contributed by atoms with Gasteiger partial charge in [0.15, 0.2) is 0 Å². The molecule has 0 aliphatic carbocycles. The number of pyridine rings is 1. The number of anilines is 1. The lowest BCUT2D eigenvalue weighted by Crippen LogP contribution is -2.21. The van der Waals surface area contributed by atoms with Gasteiger partial charge in [-0.15, -0.1) is 0 Å². The minimum atomic E-state index is -0.421. The van der Waals surface area contributed by atoms with E-state index in [1.165, 1.54) is 6.07 Å². The number of hydrogen-bond acceptors (Lipinski definition) is 5. The number of nitro groups is 1. The Labute approximate surface area is 94.0 Å². The van der Waals surface area contributed by atoms with E-state index in [1.54, 1.807) is 31.3 Å². The summed E-state index contributed by atoms with van der Waals surface area (Å²) in [6.07, 6.45) is 2.36. The van der Waals surface area contributed by atoms with E-state index < -0.39 is 4.92 Å². The van der Waals surface area contributed by atoms with Crippen molar-refractivity contribution in [3.05, 3.63) is 28.4 Å². The quantitative estimate of drug-likeness (QED) is 0.416. The van der Waals surface area contributed by atoms with Crippen LogP contribution in [0.4, 0.5) is 11.5 Å². The molecule has 0 unspecified atom stereocenters. The zero-order chi connectivity index (χ0) is 12.0. The van der Waals surface area contributed by atoms with Gasteiger partial charge in [0.1, 0.15) is 0 Å². The van der Waals surface area contributed by atoms with Crippen molar-refractivity contribution in [2.45, 2.75) is 6.42 Å². The smallest absolute Gasteiger partial charge is 0.311 e. The molecule has 0 saturated carbocycles. The van der Waals surface area contributed by atoms with E-state index in [9.17, 15) is 10.1 Å². The topological polar surface area (TPSA) is 68.5 Å². The van der Waals surface area contributed by atoms with Gasteiger partial charge in [-0.3, -0.25) is 10.1 Å². The lowest BCUT2D eigenvalue weighted by Gasteiger charge is -2.17. The standard InChI is InChI=1S/C10H15N3O3/c1-12(7-4-8-16-2)10-9(13(14)15)5-3-6-11-10/h3,5-6H,4,7-8H2,1-2H3. The predicted octanol–water partition coefficient (Wildman–Crippen LogP) is 1.46. The first-order valence-corrected chi connectivity index (χ1v) is 4.96. The lowest BCUT2D eigenvalue weighted by atomic mass is 10.3. The highest BCUT2D eigenvalue weighted by Crippen LogP contribution is 2.23. The number of nitrogens with zero attached hydrogens (tertiary/aromatic N) is 3. The molecule has 0 amide bonds. The van der Waals surface area contributed by atoms with Crippen LogP contribution in [0, 0.1) is 10.1 Å². The Morgan fingerprint density at radius 1 is 1.62 bits per heavy atom. The van der Waals surface area contributed by atoms with E-state index in [0.717, 1.165) is 6.42 Å². The summed E-state index contributed by atoms with van der Waals surface area (Å²) in [5.41, 5.74) is 0.0300. The number of methoxy groups -OCH3 is 1. The van der Waals surface area contributed by atoms with Crippen molar-refractivity contribution in [3.8, 4) is 0 Å². The number of hydrogen-bond donors (Lipinski definition) is 0. The average molecular weight is 225 g/mol. The summed E-state index contributed by atoms with van der Waals surface area (Å²) >= 11 is 0. The Kier molecular flexibility index (Phi) is 4.65. The number of ether oxygens (including phenoxy) is 1. The molecule has 0 saturated heterocycles. The first-order valence-electron chi connectivity index (χ1n) is 4.96. The molecule has 0 N–H and O–H groups in total. The second kappa shape index (κ2) is 6.02. The van der Waals surface area contributed by atoms with E-state index in [2.05, 4.69) is 4.98 Å². The van der Waals surface area contributed by atoms with E-state index in [-0.39, 0.29) is 5.69 Å². The van der Waals surface area contributed by atoms with Gasteiger partial charge < -0.3 is 9.64 Å². The molecule has 0 aliphatic heterocycles. The number of rotatable bonds is 6. The Balaban J connectivity index is 2.74. The van der Waals surface area contributed by atoms with Gasteiger partial charge in [-0.25, -0.2) is 4.98 Å². The fourth-order valence-corrected chi connectivity index (χ4v) is 1.38. The van der Waals surface area contributed by atoms with Crippen LogP contribution >= 0.6 is 0 Å². The van der Waals surface area contributed by atoms with Crippen LogP contribution in [0.5, 0.6) is 0 Å². The summed E-state index contributed by atoms with van der Waals surface area (Å²) in [6.45, 7) is 1.30. The monoisotopic (exact) mass is 225 g/mol. The van der Waals surface area contributed by atoms with Gasteiger partial charge in [-0.05, 0) is 12.5 Å².